The first-order valence-electron chi connectivity index (χ1n) is 7.35. The summed E-state index contributed by atoms with van der Waals surface area (Å²) in [6.07, 6.45) is -2.84. The van der Waals surface area contributed by atoms with E-state index >= 15 is 0 Å². The lowest BCUT2D eigenvalue weighted by molar-refractivity contribution is -0.156. The second kappa shape index (κ2) is 8.75. The van der Waals surface area contributed by atoms with E-state index in [9.17, 15) is 19.2 Å². The van der Waals surface area contributed by atoms with Gasteiger partial charge in [0.1, 0.15) is 12.2 Å². The molecule has 0 N–H and O–H groups in total. The molecule has 0 radical (unpaired) electrons. The summed E-state index contributed by atoms with van der Waals surface area (Å²) in [5.41, 5.74) is 0. The molecule has 0 spiro atoms. The number of hydrogen-bond acceptors (Lipinski definition) is 8. The van der Waals surface area contributed by atoms with Crippen molar-refractivity contribution in [3.63, 3.8) is 0 Å². The molecule has 0 aromatic carbocycles. The third-order valence-corrected chi connectivity index (χ3v) is 3.96. The van der Waals surface area contributed by atoms with E-state index in [0.717, 1.165) is 0 Å². The monoisotopic (exact) mass is 382 g/mol. The van der Waals surface area contributed by atoms with Gasteiger partial charge in [0.05, 0.1) is 26.1 Å². The quantitative estimate of drug-likeness (QED) is 0.446. The molecule has 134 valence electrons. The topological polar surface area (TPSA) is 105 Å². The number of carbonyl (C=O) groups excluding carboxylic acids is 4. The molecular formula is C14H16Cl2O8. The third kappa shape index (κ3) is 5.41. The minimum Gasteiger partial charge on any atom is -0.457 e. The van der Waals surface area contributed by atoms with Gasteiger partial charge in [0, 0.05) is 12.8 Å². The van der Waals surface area contributed by atoms with Crippen molar-refractivity contribution in [3.05, 3.63) is 0 Å². The Labute approximate surface area is 147 Å². The summed E-state index contributed by atoms with van der Waals surface area (Å²) in [5, 5.41) is -1.24. The normalized spacial score (nSPS) is 28.2. The van der Waals surface area contributed by atoms with Gasteiger partial charge < -0.3 is 18.9 Å². The zero-order valence-electron chi connectivity index (χ0n) is 12.6. The number of hydrogen-bond donors (Lipinski definition) is 0. The molecule has 2 heterocycles. The molecule has 0 unspecified atom stereocenters. The van der Waals surface area contributed by atoms with Gasteiger partial charge in [-0.25, -0.2) is 0 Å². The van der Waals surface area contributed by atoms with Crippen LogP contribution in [0.5, 0.6) is 0 Å². The number of fused-ring (bicyclic) bond motifs is 1. The van der Waals surface area contributed by atoms with Crippen molar-refractivity contribution >= 4 is 45.6 Å². The number of esters is 2. The van der Waals surface area contributed by atoms with Crippen molar-refractivity contribution in [2.24, 2.45) is 0 Å². The van der Waals surface area contributed by atoms with Gasteiger partial charge in [0.2, 0.25) is 10.5 Å². The highest BCUT2D eigenvalue weighted by Crippen LogP contribution is 2.31. The second-order valence-electron chi connectivity index (χ2n) is 5.36. The Hall–Kier alpha value is -1.22. The summed E-state index contributed by atoms with van der Waals surface area (Å²) in [6.45, 7) is 0.203. The first-order chi connectivity index (χ1) is 11.4. The van der Waals surface area contributed by atoms with Gasteiger partial charge in [-0.15, -0.1) is 0 Å². The minimum absolute atomic E-state index is 0.101. The van der Waals surface area contributed by atoms with Crippen LogP contribution in [0, 0.1) is 0 Å². The van der Waals surface area contributed by atoms with E-state index in [0.29, 0.717) is 0 Å². The minimum atomic E-state index is -0.638. The summed E-state index contributed by atoms with van der Waals surface area (Å²) < 4.78 is 21.4. The van der Waals surface area contributed by atoms with Crippen molar-refractivity contribution in [2.45, 2.75) is 50.1 Å². The van der Waals surface area contributed by atoms with Crippen molar-refractivity contribution < 1.29 is 38.1 Å². The Kier molecular flexibility index (Phi) is 6.97. The fourth-order valence-electron chi connectivity index (χ4n) is 2.49. The van der Waals surface area contributed by atoms with Gasteiger partial charge in [0.15, 0.2) is 12.2 Å². The Bertz CT molecular complexity index is 477. The number of rotatable bonds is 8. The highest BCUT2D eigenvalue weighted by atomic mass is 35.5. The highest BCUT2D eigenvalue weighted by molar-refractivity contribution is 6.63. The molecule has 4 atom stereocenters. The lowest BCUT2D eigenvalue weighted by Crippen LogP contribution is -2.36. The molecule has 2 rings (SSSR count). The van der Waals surface area contributed by atoms with E-state index in [1.54, 1.807) is 0 Å². The molecular weight excluding hydrogens is 367 g/mol. The van der Waals surface area contributed by atoms with Crippen LogP contribution in [0.3, 0.4) is 0 Å². The van der Waals surface area contributed by atoms with Crippen LogP contribution in [0.2, 0.25) is 0 Å². The van der Waals surface area contributed by atoms with Crippen LogP contribution < -0.4 is 0 Å². The molecule has 0 bridgehead atoms. The van der Waals surface area contributed by atoms with Gasteiger partial charge in [-0.1, -0.05) is 0 Å². The van der Waals surface area contributed by atoms with Crippen molar-refractivity contribution in [2.75, 3.05) is 13.2 Å². The Balaban J connectivity index is 1.78. The average molecular weight is 383 g/mol. The summed E-state index contributed by atoms with van der Waals surface area (Å²) >= 11 is 10.3. The molecule has 2 aliphatic heterocycles. The third-order valence-electron chi connectivity index (χ3n) is 3.58. The number of ether oxygens (including phenoxy) is 4. The van der Waals surface area contributed by atoms with Gasteiger partial charge in [-0.2, -0.15) is 0 Å². The Morgan fingerprint density at radius 2 is 1.12 bits per heavy atom. The Morgan fingerprint density at radius 3 is 1.46 bits per heavy atom. The van der Waals surface area contributed by atoms with E-state index in [1.807, 2.05) is 0 Å². The van der Waals surface area contributed by atoms with Crippen LogP contribution in [-0.2, 0) is 38.1 Å². The molecule has 2 saturated heterocycles. The fourth-order valence-corrected chi connectivity index (χ4v) is 2.68. The first kappa shape index (κ1) is 19.1. The molecule has 10 heteroatoms. The lowest BCUT2D eigenvalue weighted by atomic mass is 10.1. The SMILES string of the molecule is O=C(Cl)CCC(=O)O[C@H]1CO[C@H]2[C@@H]1OC[C@@H]2OC(=O)CCC(=O)Cl. The largest absolute Gasteiger partial charge is 0.457 e. The van der Waals surface area contributed by atoms with Crippen molar-refractivity contribution in [1.29, 1.82) is 0 Å². The zero-order chi connectivity index (χ0) is 17.7. The van der Waals surface area contributed by atoms with E-state index in [-0.39, 0.29) is 38.9 Å². The maximum atomic E-state index is 11.6. The summed E-state index contributed by atoms with van der Waals surface area (Å²) in [6, 6.07) is 0. The van der Waals surface area contributed by atoms with E-state index in [1.165, 1.54) is 0 Å². The highest BCUT2D eigenvalue weighted by Gasteiger charge is 2.51. The van der Waals surface area contributed by atoms with Gasteiger partial charge in [-0.05, 0) is 23.2 Å². The Morgan fingerprint density at radius 1 is 0.750 bits per heavy atom. The maximum absolute atomic E-state index is 11.6. The van der Waals surface area contributed by atoms with Crippen LogP contribution in [0.4, 0.5) is 0 Å². The first-order valence-corrected chi connectivity index (χ1v) is 8.11. The van der Waals surface area contributed by atoms with Crippen LogP contribution in [0.15, 0.2) is 0 Å². The van der Waals surface area contributed by atoms with Gasteiger partial charge in [0.25, 0.3) is 0 Å². The van der Waals surface area contributed by atoms with Crippen molar-refractivity contribution in [1.82, 2.24) is 0 Å². The van der Waals surface area contributed by atoms with Crippen LogP contribution in [-0.4, -0.2) is 60.1 Å². The van der Waals surface area contributed by atoms with Gasteiger partial charge >= 0.3 is 11.9 Å². The average Bonchev–Trinajstić information content (AvgIpc) is 3.07. The molecule has 0 aromatic heterocycles. The van der Waals surface area contributed by atoms with E-state index in [2.05, 4.69) is 0 Å². The molecule has 0 amide bonds. The lowest BCUT2D eigenvalue weighted by Gasteiger charge is -2.17. The summed E-state index contributed by atoms with van der Waals surface area (Å²) in [7, 11) is 0. The number of carbonyl (C=O) groups is 4. The summed E-state index contributed by atoms with van der Waals surface area (Å²) in [5.74, 6) is -1.16. The second-order valence-corrected chi connectivity index (χ2v) is 6.21. The van der Waals surface area contributed by atoms with Crippen molar-refractivity contribution in [3.8, 4) is 0 Å². The molecule has 24 heavy (non-hydrogen) atoms. The molecule has 0 saturated carbocycles. The predicted octanol–water partition coefficient (Wildman–Crippen LogP) is 0.699. The molecule has 2 fully saturated rings. The molecule has 2 aliphatic rings. The molecule has 0 aliphatic carbocycles. The number of halogens is 2. The predicted molar refractivity (Wildman–Crippen MR) is 79.4 cm³/mol. The molecule has 0 aromatic rings. The van der Waals surface area contributed by atoms with E-state index < -0.39 is 46.8 Å². The zero-order valence-corrected chi connectivity index (χ0v) is 14.1. The molecule has 8 nitrogen and oxygen atoms in total. The van der Waals surface area contributed by atoms with Crippen LogP contribution in [0.25, 0.3) is 0 Å². The van der Waals surface area contributed by atoms with Crippen LogP contribution >= 0.6 is 23.2 Å². The standard InChI is InChI=1S/C14H16Cl2O8/c15-9(17)1-3-11(19)23-7-5-21-14-8(6-22-13(7)14)24-12(20)4-2-10(16)18/h7-8,13-14H,1-6H2/t7-,8-,13+,14+/m0/s1. The smallest absolute Gasteiger partial charge is 0.306 e. The summed E-state index contributed by atoms with van der Waals surface area (Å²) in [4.78, 5) is 44.5. The maximum Gasteiger partial charge on any atom is 0.306 e. The fraction of sp³-hybridized carbons (Fsp3) is 0.714. The van der Waals surface area contributed by atoms with E-state index in [4.69, 9.17) is 42.1 Å². The van der Waals surface area contributed by atoms with Crippen LogP contribution in [0.1, 0.15) is 25.7 Å². The van der Waals surface area contributed by atoms with Gasteiger partial charge in [-0.3, -0.25) is 19.2 Å².